The van der Waals surface area contributed by atoms with Gasteiger partial charge in [-0.3, -0.25) is 4.79 Å². The number of hydrogen-bond acceptors (Lipinski definition) is 3. The summed E-state index contributed by atoms with van der Waals surface area (Å²) < 4.78 is 5.94. The number of aryl methyl sites for hydroxylation is 1. The minimum absolute atomic E-state index is 0.133. The fraction of sp³-hybridized carbons (Fsp3) is 0.167. The summed E-state index contributed by atoms with van der Waals surface area (Å²) in [6.07, 6.45) is 0. The van der Waals surface area contributed by atoms with Gasteiger partial charge in [0.15, 0.2) is 5.76 Å². The van der Waals surface area contributed by atoms with Crippen molar-refractivity contribution in [3.8, 4) is 0 Å². The standard InChI is InChI=1S/C12H11BrN2O2/c1-8-6-11(17-15-8)7-14-12(16)9-2-4-10(13)5-3-9/h2-6H,7H2,1H3,(H,14,16). The van der Waals surface area contributed by atoms with Gasteiger partial charge in [-0.2, -0.15) is 0 Å². The van der Waals surface area contributed by atoms with Crippen LogP contribution in [0.4, 0.5) is 0 Å². The summed E-state index contributed by atoms with van der Waals surface area (Å²) in [6.45, 7) is 2.18. The van der Waals surface area contributed by atoms with Gasteiger partial charge in [0.25, 0.3) is 5.91 Å². The third kappa shape index (κ3) is 3.17. The van der Waals surface area contributed by atoms with E-state index in [9.17, 15) is 4.79 Å². The van der Waals surface area contributed by atoms with Crippen molar-refractivity contribution in [2.45, 2.75) is 13.5 Å². The predicted molar refractivity (Wildman–Crippen MR) is 66.6 cm³/mol. The molecule has 1 amide bonds. The summed E-state index contributed by atoms with van der Waals surface area (Å²) in [6, 6.07) is 8.96. The molecular formula is C12H11BrN2O2. The highest BCUT2D eigenvalue weighted by Crippen LogP contribution is 2.10. The lowest BCUT2D eigenvalue weighted by atomic mass is 10.2. The molecule has 0 aliphatic carbocycles. The first-order chi connectivity index (χ1) is 8.15. The molecule has 0 saturated heterocycles. The first-order valence-corrected chi connectivity index (χ1v) is 5.90. The van der Waals surface area contributed by atoms with E-state index < -0.39 is 0 Å². The van der Waals surface area contributed by atoms with Crippen molar-refractivity contribution in [2.75, 3.05) is 0 Å². The van der Waals surface area contributed by atoms with Crippen LogP contribution in [0.1, 0.15) is 21.8 Å². The average Bonchev–Trinajstić information content (AvgIpc) is 2.73. The van der Waals surface area contributed by atoms with E-state index in [4.69, 9.17) is 4.52 Å². The van der Waals surface area contributed by atoms with Crippen molar-refractivity contribution in [1.29, 1.82) is 0 Å². The maximum Gasteiger partial charge on any atom is 0.251 e. The molecule has 0 spiro atoms. The Bertz CT molecular complexity index is 520. The van der Waals surface area contributed by atoms with Crippen molar-refractivity contribution >= 4 is 21.8 Å². The molecule has 0 unspecified atom stereocenters. The smallest absolute Gasteiger partial charge is 0.251 e. The van der Waals surface area contributed by atoms with Gasteiger partial charge in [0, 0.05) is 16.1 Å². The number of nitrogens with one attached hydrogen (secondary N) is 1. The molecule has 0 fully saturated rings. The van der Waals surface area contributed by atoms with Crippen LogP contribution in [0, 0.1) is 6.92 Å². The quantitative estimate of drug-likeness (QED) is 0.947. The van der Waals surface area contributed by atoms with E-state index in [1.165, 1.54) is 0 Å². The van der Waals surface area contributed by atoms with Gasteiger partial charge < -0.3 is 9.84 Å². The van der Waals surface area contributed by atoms with Gasteiger partial charge >= 0.3 is 0 Å². The Morgan fingerprint density at radius 3 is 2.71 bits per heavy atom. The lowest BCUT2D eigenvalue weighted by Crippen LogP contribution is -2.22. The van der Waals surface area contributed by atoms with E-state index in [2.05, 4.69) is 26.4 Å². The lowest BCUT2D eigenvalue weighted by molar-refractivity contribution is 0.0947. The van der Waals surface area contributed by atoms with Gasteiger partial charge in [-0.25, -0.2) is 0 Å². The highest BCUT2D eigenvalue weighted by atomic mass is 79.9. The van der Waals surface area contributed by atoms with Crippen LogP contribution < -0.4 is 5.32 Å². The summed E-state index contributed by atoms with van der Waals surface area (Å²) in [4.78, 5) is 11.7. The normalized spacial score (nSPS) is 10.2. The molecule has 5 heteroatoms. The zero-order chi connectivity index (χ0) is 12.3. The molecule has 0 aliphatic heterocycles. The summed E-state index contributed by atoms with van der Waals surface area (Å²) in [7, 11) is 0. The first kappa shape index (κ1) is 11.9. The Hall–Kier alpha value is -1.62. The summed E-state index contributed by atoms with van der Waals surface area (Å²) in [5.74, 6) is 0.513. The molecule has 0 radical (unpaired) electrons. The molecule has 1 N–H and O–H groups in total. The Labute approximate surface area is 107 Å². The van der Waals surface area contributed by atoms with Crippen molar-refractivity contribution in [1.82, 2.24) is 10.5 Å². The molecule has 0 saturated carbocycles. The van der Waals surface area contributed by atoms with E-state index >= 15 is 0 Å². The second kappa shape index (κ2) is 5.14. The molecule has 0 atom stereocenters. The molecule has 1 aromatic carbocycles. The Kier molecular flexibility index (Phi) is 3.58. The summed E-state index contributed by atoms with van der Waals surface area (Å²) in [5, 5.41) is 6.51. The minimum atomic E-state index is -0.133. The van der Waals surface area contributed by atoms with Crippen LogP contribution in [0.15, 0.2) is 39.3 Å². The van der Waals surface area contributed by atoms with Crippen LogP contribution in [-0.2, 0) is 6.54 Å². The van der Waals surface area contributed by atoms with Gasteiger partial charge in [-0.05, 0) is 31.2 Å². The minimum Gasteiger partial charge on any atom is -0.359 e. The zero-order valence-electron chi connectivity index (χ0n) is 9.24. The molecule has 2 aromatic rings. The number of nitrogens with zero attached hydrogens (tertiary/aromatic N) is 1. The van der Waals surface area contributed by atoms with Crippen LogP contribution in [0.2, 0.25) is 0 Å². The van der Waals surface area contributed by atoms with E-state index in [0.29, 0.717) is 17.9 Å². The maximum atomic E-state index is 11.7. The molecule has 0 aliphatic rings. The zero-order valence-corrected chi connectivity index (χ0v) is 10.8. The van der Waals surface area contributed by atoms with Crippen LogP contribution in [-0.4, -0.2) is 11.1 Å². The van der Waals surface area contributed by atoms with Crippen LogP contribution in [0.3, 0.4) is 0 Å². The maximum absolute atomic E-state index is 11.7. The molecule has 1 heterocycles. The number of carbonyl (C=O) groups excluding carboxylic acids is 1. The number of halogens is 1. The highest BCUT2D eigenvalue weighted by Gasteiger charge is 2.06. The second-order valence-electron chi connectivity index (χ2n) is 3.62. The summed E-state index contributed by atoms with van der Waals surface area (Å²) >= 11 is 3.32. The van der Waals surface area contributed by atoms with Crippen molar-refractivity contribution in [3.63, 3.8) is 0 Å². The largest absolute Gasteiger partial charge is 0.359 e. The number of amides is 1. The molecule has 1 aromatic heterocycles. The van der Waals surface area contributed by atoms with Gasteiger partial charge in [-0.1, -0.05) is 21.1 Å². The lowest BCUT2D eigenvalue weighted by Gasteiger charge is -2.02. The first-order valence-electron chi connectivity index (χ1n) is 5.11. The molecule has 4 nitrogen and oxygen atoms in total. The van der Waals surface area contributed by atoms with Gasteiger partial charge in [0.2, 0.25) is 0 Å². The third-order valence-corrected chi connectivity index (χ3v) is 2.74. The van der Waals surface area contributed by atoms with Crippen LogP contribution >= 0.6 is 15.9 Å². The topological polar surface area (TPSA) is 55.1 Å². The molecular weight excluding hydrogens is 284 g/mol. The van der Waals surface area contributed by atoms with Gasteiger partial charge in [-0.15, -0.1) is 0 Å². The molecule has 0 bridgehead atoms. The highest BCUT2D eigenvalue weighted by molar-refractivity contribution is 9.10. The predicted octanol–water partition coefficient (Wildman–Crippen LogP) is 2.68. The fourth-order valence-corrected chi connectivity index (χ4v) is 1.63. The van der Waals surface area contributed by atoms with E-state index in [0.717, 1.165) is 10.2 Å². The fourth-order valence-electron chi connectivity index (χ4n) is 1.37. The van der Waals surface area contributed by atoms with Crippen molar-refractivity contribution < 1.29 is 9.32 Å². The van der Waals surface area contributed by atoms with Gasteiger partial charge in [0.05, 0.1) is 12.2 Å². The van der Waals surface area contributed by atoms with Crippen molar-refractivity contribution in [2.24, 2.45) is 0 Å². The number of hydrogen-bond donors (Lipinski definition) is 1. The number of rotatable bonds is 3. The number of aromatic nitrogens is 1. The Balaban J connectivity index is 1.95. The molecule has 88 valence electrons. The third-order valence-electron chi connectivity index (χ3n) is 2.21. The second-order valence-corrected chi connectivity index (χ2v) is 4.54. The monoisotopic (exact) mass is 294 g/mol. The Morgan fingerprint density at radius 2 is 2.12 bits per heavy atom. The van der Waals surface area contributed by atoms with E-state index in [1.54, 1.807) is 18.2 Å². The molecule has 2 rings (SSSR count). The van der Waals surface area contributed by atoms with Gasteiger partial charge in [0.1, 0.15) is 0 Å². The SMILES string of the molecule is Cc1cc(CNC(=O)c2ccc(Br)cc2)on1. The Morgan fingerprint density at radius 1 is 1.41 bits per heavy atom. The van der Waals surface area contributed by atoms with Crippen LogP contribution in [0.25, 0.3) is 0 Å². The summed E-state index contributed by atoms with van der Waals surface area (Å²) in [5.41, 5.74) is 1.42. The number of carbonyl (C=O) groups is 1. The van der Waals surface area contributed by atoms with Crippen molar-refractivity contribution in [3.05, 3.63) is 51.8 Å². The van der Waals surface area contributed by atoms with E-state index in [1.807, 2.05) is 19.1 Å². The average molecular weight is 295 g/mol. The van der Waals surface area contributed by atoms with E-state index in [-0.39, 0.29) is 5.91 Å². The molecule has 17 heavy (non-hydrogen) atoms. The number of benzene rings is 1. The van der Waals surface area contributed by atoms with Crippen LogP contribution in [0.5, 0.6) is 0 Å².